The molecule has 0 saturated carbocycles. The van der Waals surface area contributed by atoms with Crippen molar-refractivity contribution in [2.45, 2.75) is 131 Å². The predicted octanol–water partition coefficient (Wildman–Crippen LogP) is 10.5. The van der Waals surface area contributed by atoms with Gasteiger partial charge in [-0.3, -0.25) is 4.98 Å². The molecule has 0 aliphatic carbocycles. The highest BCUT2D eigenvalue weighted by Gasteiger charge is 2.28. The van der Waals surface area contributed by atoms with E-state index in [0.29, 0.717) is 29.1 Å². The summed E-state index contributed by atoms with van der Waals surface area (Å²) in [5, 5.41) is 0. The number of hydrogen-bond donors (Lipinski definition) is 0. The maximum Gasteiger partial charge on any atom is 0.163 e. The van der Waals surface area contributed by atoms with E-state index in [1.807, 2.05) is 36.5 Å². The molecule has 0 radical (unpaired) electrons. The van der Waals surface area contributed by atoms with Crippen LogP contribution in [-0.2, 0) is 27.1 Å². The van der Waals surface area contributed by atoms with Crippen LogP contribution in [0.2, 0.25) is 0 Å². The third-order valence-corrected chi connectivity index (χ3v) is 9.08. The SMILES string of the molecule is CC(C)(C)c1nc(-c2cccc(-c3nc(C(C)(C)C)nc(C(C)(C)C)n3)c2)nc(-c2cc(-c3cccnc3)cc(-c3nc(C(C)(C)C)nc(C(C)(C)C)n3)c2)n1. The molecule has 0 amide bonds. The van der Waals surface area contributed by atoms with E-state index >= 15 is 0 Å². The van der Waals surface area contributed by atoms with Crippen LogP contribution >= 0.6 is 0 Å². The van der Waals surface area contributed by atoms with Crippen molar-refractivity contribution >= 4 is 0 Å². The van der Waals surface area contributed by atoms with Gasteiger partial charge in [0.15, 0.2) is 23.3 Å². The van der Waals surface area contributed by atoms with E-state index in [4.69, 9.17) is 44.9 Å². The number of aromatic nitrogens is 10. The Kier molecular flexibility index (Phi) is 10.3. The molecule has 56 heavy (non-hydrogen) atoms. The lowest BCUT2D eigenvalue weighted by Gasteiger charge is -2.23. The van der Waals surface area contributed by atoms with Gasteiger partial charge in [0.1, 0.15) is 29.1 Å². The van der Waals surface area contributed by atoms with Gasteiger partial charge in [-0.05, 0) is 35.9 Å². The van der Waals surface area contributed by atoms with Gasteiger partial charge < -0.3 is 0 Å². The second-order valence-electron chi connectivity index (χ2n) is 19.8. The molecule has 0 N–H and O–H groups in total. The van der Waals surface area contributed by atoms with Crippen LogP contribution in [0.5, 0.6) is 0 Å². The molecule has 0 aliphatic rings. The zero-order valence-corrected chi connectivity index (χ0v) is 35.8. The molecule has 4 heterocycles. The number of hydrogen-bond acceptors (Lipinski definition) is 10. The van der Waals surface area contributed by atoms with Gasteiger partial charge in [0.25, 0.3) is 0 Å². The van der Waals surface area contributed by atoms with Crippen LogP contribution in [-0.4, -0.2) is 49.8 Å². The Morgan fingerprint density at radius 3 is 0.982 bits per heavy atom. The van der Waals surface area contributed by atoms with E-state index in [0.717, 1.165) is 56.7 Å². The molecule has 10 nitrogen and oxygen atoms in total. The van der Waals surface area contributed by atoms with Crippen LogP contribution in [0.15, 0.2) is 67.0 Å². The average molecular weight is 749 g/mol. The molecule has 10 heteroatoms. The molecule has 0 bridgehead atoms. The first kappa shape index (κ1) is 40.3. The average Bonchev–Trinajstić information content (AvgIpc) is 3.12. The third-order valence-electron chi connectivity index (χ3n) is 9.08. The molecule has 2 aromatic carbocycles. The van der Waals surface area contributed by atoms with Crippen LogP contribution in [0.1, 0.15) is 133 Å². The third kappa shape index (κ3) is 9.01. The molecule has 4 aromatic heterocycles. The van der Waals surface area contributed by atoms with Crippen molar-refractivity contribution in [2.24, 2.45) is 0 Å². The van der Waals surface area contributed by atoms with Crippen molar-refractivity contribution in [2.75, 3.05) is 0 Å². The Labute approximate surface area is 332 Å². The van der Waals surface area contributed by atoms with Crippen LogP contribution < -0.4 is 0 Å². The highest BCUT2D eigenvalue weighted by atomic mass is 15.1. The molecular formula is C46H56N10. The smallest absolute Gasteiger partial charge is 0.163 e. The van der Waals surface area contributed by atoms with Crippen LogP contribution in [0.3, 0.4) is 0 Å². The van der Waals surface area contributed by atoms with Crippen molar-refractivity contribution in [3.63, 3.8) is 0 Å². The molecule has 6 rings (SSSR count). The maximum absolute atomic E-state index is 5.17. The molecular weight excluding hydrogens is 693 g/mol. The summed E-state index contributed by atoms with van der Waals surface area (Å²) in [7, 11) is 0. The molecule has 0 aliphatic heterocycles. The molecule has 0 fully saturated rings. The minimum atomic E-state index is -0.372. The molecule has 0 unspecified atom stereocenters. The number of nitrogens with zero attached hydrogens (tertiary/aromatic N) is 10. The van der Waals surface area contributed by atoms with Crippen molar-refractivity contribution in [3.05, 3.63) is 96.1 Å². The van der Waals surface area contributed by atoms with Gasteiger partial charge in [0.2, 0.25) is 0 Å². The predicted molar refractivity (Wildman–Crippen MR) is 225 cm³/mol. The molecule has 290 valence electrons. The fourth-order valence-corrected chi connectivity index (χ4v) is 5.70. The van der Waals surface area contributed by atoms with Gasteiger partial charge in [-0.1, -0.05) is 128 Å². The minimum Gasteiger partial charge on any atom is -0.264 e. The van der Waals surface area contributed by atoms with Gasteiger partial charge in [0.05, 0.1) is 0 Å². The van der Waals surface area contributed by atoms with Gasteiger partial charge in [0, 0.05) is 67.3 Å². The summed E-state index contributed by atoms with van der Waals surface area (Å²) in [5.74, 6) is 5.97. The Morgan fingerprint density at radius 2 is 0.607 bits per heavy atom. The lowest BCUT2D eigenvalue weighted by molar-refractivity contribution is 0.497. The Balaban J connectivity index is 1.57. The summed E-state index contributed by atoms with van der Waals surface area (Å²) in [5.41, 5.74) is 3.78. The van der Waals surface area contributed by atoms with Crippen molar-refractivity contribution < 1.29 is 0 Å². The summed E-state index contributed by atoms with van der Waals surface area (Å²) in [6.07, 6.45) is 3.64. The maximum atomic E-state index is 5.17. The number of pyridine rings is 1. The van der Waals surface area contributed by atoms with E-state index in [1.165, 1.54) is 0 Å². The Morgan fingerprint density at radius 1 is 0.304 bits per heavy atom. The van der Waals surface area contributed by atoms with E-state index in [2.05, 4.69) is 133 Å². The summed E-state index contributed by atoms with van der Waals surface area (Å²) in [4.78, 5) is 49.7. The lowest BCUT2D eigenvalue weighted by Crippen LogP contribution is -2.24. The summed E-state index contributed by atoms with van der Waals surface area (Å²) >= 11 is 0. The first-order chi connectivity index (χ1) is 25.9. The van der Waals surface area contributed by atoms with E-state index in [1.54, 1.807) is 6.20 Å². The Hall–Kier alpha value is -5.38. The number of rotatable bonds is 5. The topological polar surface area (TPSA) is 129 Å². The Bertz CT molecular complexity index is 2320. The highest BCUT2D eigenvalue weighted by molar-refractivity contribution is 5.78. The van der Waals surface area contributed by atoms with Gasteiger partial charge in [-0.15, -0.1) is 0 Å². The second-order valence-corrected chi connectivity index (χ2v) is 19.8. The fraction of sp³-hybridized carbons (Fsp3) is 0.435. The van der Waals surface area contributed by atoms with Crippen molar-refractivity contribution in [1.82, 2.24) is 49.8 Å². The second kappa shape index (κ2) is 14.3. The molecule has 0 saturated heterocycles. The standard InChI is InChI=1S/C46H56N10/c1-42(2,3)37-49-33(27-18-16-19-28(22-27)34-50-38(43(4,5)6)55-39(51-34)44(7,8)9)48-35(52-37)31-23-30(29-20-17-21-47-26-29)24-32(25-31)36-53-40(45(10,11)12)56-41(54-36)46(13,14)15/h16-26H,1-15H3. The zero-order chi connectivity index (χ0) is 41.0. The lowest BCUT2D eigenvalue weighted by atomic mass is 9.92. The molecule has 6 aromatic rings. The van der Waals surface area contributed by atoms with E-state index < -0.39 is 0 Å². The van der Waals surface area contributed by atoms with Crippen molar-refractivity contribution in [1.29, 1.82) is 0 Å². The van der Waals surface area contributed by atoms with Gasteiger partial charge >= 0.3 is 0 Å². The van der Waals surface area contributed by atoms with Crippen LogP contribution in [0.25, 0.3) is 56.7 Å². The first-order valence-electron chi connectivity index (χ1n) is 19.3. The van der Waals surface area contributed by atoms with Crippen LogP contribution in [0, 0.1) is 0 Å². The minimum absolute atomic E-state index is 0.257. The largest absolute Gasteiger partial charge is 0.264 e. The first-order valence-corrected chi connectivity index (χ1v) is 19.3. The molecule has 0 spiro atoms. The summed E-state index contributed by atoms with van der Waals surface area (Å²) < 4.78 is 0. The van der Waals surface area contributed by atoms with Gasteiger partial charge in [-0.25, -0.2) is 44.9 Å². The summed E-state index contributed by atoms with van der Waals surface area (Å²) in [6.45, 7) is 31.8. The highest BCUT2D eigenvalue weighted by Crippen LogP contribution is 2.35. The van der Waals surface area contributed by atoms with E-state index in [9.17, 15) is 0 Å². The monoisotopic (exact) mass is 748 g/mol. The van der Waals surface area contributed by atoms with Gasteiger partial charge in [-0.2, -0.15) is 0 Å². The number of benzene rings is 2. The van der Waals surface area contributed by atoms with E-state index in [-0.39, 0.29) is 27.1 Å². The zero-order valence-electron chi connectivity index (χ0n) is 35.8. The normalized spacial score (nSPS) is 12.9. The summed E-state index contributed by atoms with van der Waals surface area (Å²) in [6, 6.07) is 18.4. The quantitative estimate of drug-likeness (QED) is 0.168. The molecule has 0 atom stereocenters. The van der Waals surface area contributed by atoms with Crippen LogP contribution in [0.4, 0.5) is 0 Å². The van der Waals surface area contributed by atoms with Crippen molar-refractivity contribution in [3.8, 4) is 56.7 Å². The fourth-order valence-electron chi connectivity index (χ4n) is 5.70.